The van der Waals surface area contributed by atoms with Crippen molar-refractivity contribution in [2.24, 2.45) is 0 Å². The van der Waals surface area contributed by atoms with Gasteiger partial charge in [0.2, 0.25) is 0 Å². The predicted octanol–water partition coefficient (Wildman–Crippen LogP) is 2.58. The molecule has 1 aromatic rings. The van der Waals surface area contributed by atoms with Crippen LogP contribution < -0.4 is 5.32 Å². The van der Waals surface area contributed by atoms with Crippen molar-refractivity contribution in [1.29, 1.82) is 0 Å². The van der Waals surface area contributed by atoms with E-state index in [2.05, 4.69) is 38.2 Å². The quantitative estimate of drug-likeness (QED) is 0.896. The summed E-state index contributed by atoms with van der Waals surface area (Å²) in [4.78, 5) is 0. The van der Waals surface area contributed by atoms with Crippen LogP contribution in [0.3, 0.4) is 0 Å². The molecule has 0 amide bonds. The zero-order chi connectivity index (χ0) is 13.4. The Balaban J connectivity index is 2.04. The van der Waals surface area contributed by atoms with E-state index in [1.165, 1.54) is 5.56 Å². The zero-order valence-electron chi connectivity index (χ0n) is 11.2. The van der Waals surface area contributed by atoms with Crippen molar-refractivity contribution < 1.29 is 8.42 Å². The number of anilines is 1. The van der Waals surface area contributed by atoms with E-state index >= 15 is 0 Å². The summed E-state index contributed by atoms with van der Waals surface area (Å²) in [5.74, 6) is 0.568. The number of nitrogens with one attached hydrogen (secondary N) is 1. The van der Waals surface area contributed by atoms with Crippen LogP contribution in [0.25, 0.3) is 0 Å². The molecule has 1 atom stereocenters. The maximum atomic E-state index is 11.4. The number of hydrogen-bond donors (Lipinski definition) is 1. The Morgan fingerprint density at radius 3 is 2.22 bits per heavy atom. The maximum Gasteiger partial charge on any atom is 0.152 e. The molecule has 100 valence electrons. The van der Waals surface area contributed by atoms with E-state index in [9.17, 15) is 8.42 Å². The van der Waals surface area contributed by atoms with Crippen molar-refractivity contribution in [2.45, 2.75) is 38.6 Å². The highest BCUT2D eigenvalue weighted by Gasteiger charge is 2.27. The minimum absolute atomic E-state index is 0.0653. The van der Waals surface area contributed by atoms with Crippen molar-refractivity contribution in [1.82, 2.24) is 0 Å². The first-order chi connectivity index (χ1) is 8.26. The van der Waals surface area contributed by atoms with Gasteiger partial charge in [0.05, 0.1) is 11.5 Å². The van der Waals surface area contributed by atoms with E-state index in [0.717, 1.165) is 5.69 Å². The molecule has 1 aromatic carbocycles. The molecule has 1 aliphatic rings. The summed E-state index contributed by atoms with van der Waals surface area (Å²) in [7, 11) is -2.81. The van der Waals surface area contributed by atoms with Crippen LogP contribution in [-0.2, 0) is 15.3 Å². The Morgan fingerprint density at radius 1 is 1.17 bits per heavy atom. The van der Waals surface area contributed by atoms with E-state index in [4.69, 9.17) is 0 Å². The van der Waals surface area contributed by atoms with Gasteiger partial charge in [-0.1, -0.05) is 32.9 Å². The van der Waals surface area contributed by atoms with Gasteiger partial charge in [0.15, 0.2) is 9.84 Å². The van der Waals surface area contributed by atoms with Gasteiger partial charge in [0.25, 0.3) is 0 Å². The molecular formula is C14H21NO2S. The predicted molar refractivity (Wildman–Crippen MR) is 75.8 cm³/mol. The molecule has 4 heteroatoms. The molecule has 0 bridgehead atoms. The Kier molecular flexibility index (Phi) is 3.41. The molecule has 1 aliphatic heterocycles. The zero-order valence-corrected chi connectivity index (χ0v) is 12.0. The molecule has 18 heavy (non-hydrogen) atoms. The fourth-order valence-corrected chi connectivity index (χ4v) is 3.88. The van der Waals surface area contributed by atoms with E-state index in [0.29, 0.717) is 12.2 Å². The normalized spacial score (nSPS) is 22.9. The lowest BCUT2D eigenvalue weighted by Gasteiger charge is -2.20. The first-order valence-corrected chi connectivity index (χ1v) is 8.16. The average molecular weight is 267 g/mol. The van der Waals surface area contributed by atoms with E-state index in [-0.39, 0.29) is 17.2 Å². The molecule has 3 nitrogen and oxygen atoms in total. The van der Waals surface area contributed by atoms with Gasteiger partial charge >= 0.3 is 0 Å². The Bertz CT molecular complexity index is 512. The van der Waals surface area contributed by atoms with Gasteiger partial charge in [-0.2, -0.15) is 0 Å². The second kappa shape index (κ2) is 4.57. The number of benzene rings is 1. The molecule has 0 aromatic heterocycles. The Labute approximate surface area is 110 Å². The van der Waals surface area contributed by atoms with Gasteiger partial charge in [-0.3, -0.25) is 0 Å². The molecule has 1 heterocycles. The fraction of sp³-hybridized carbons (Fsp3) is 0.571. The average Bonchev–Trinajstić information content (AvgIpc) is 2.57. The van der Waals surface area contributed by atoms with E-state index in [1.54, 1.807) is 0 Å². The summed E-state index contributed by atoms with van der Waals surface area (Å²) in [6, 6.07) is 8.34. The molecule has 1 saturated heterocycles. The number of hydrogen-bond acceptors (Lipinski definition) is 3. The molecule has 0 radical (unpaired) electrons. The number of sulfone groups is 1. The molecule has 1 N–H and O–H groups in total. The highest BCUT2D eigenvalue weighted by Crippen LogP contribution is 2.24. The minimum atomic E-state index is -2.81. The fourth-order valence-electron chi connectivity index (χ4n) is 2.21. The van der Waals surface area contributed by atoms with Crippen LogP contribution in [0.2, 0.25) is 0 Å². The summed E-state index contributed by atoms with van der Waals surface area (Å²) >= 11 is 0. The highest BCUT2D eigenvalue weighted by atomic mass is 32.2. The van der Waals surface area contributed by atoms with Crippen LogP contribution in [-0.4, -0.2) is 26.0 Å². The summed E-state index contributed by atoms with van der Waals surface area (Å²) in [6.45, 7) is 6.54. The first kappa shape index (κ1) is 13.4. The van der Waals surface area contributed by atoms with Gasteiger partial charge in [0, 0.05) is 11.7 Å². The molecule has 1 fully saturated rings. The van der Waals surface area contributed by atoms with Gasteiger partial charge in [-0.15, -0.1) is 0 Å². The van der Waals surface area contributed by atoms with Crippen molar-refractivity contribution in [3.8, 4) is 0 Å². The van der Waals surface area contributed by atoms with E-state index < -0.39 is 9.84 Å². The monoisotopic (exact) mass is 267 g/mol. The van der Waals surface area contributed by atoms with Gasteiger partial charge in [-0.25, -0.2) is 8.42 Å². The first-order valence-electron chi connectivity index (χ1n) is 6.34. The lowest BCUT2D eigenvalue weighted by molar-refractivity contribution is 0.590. The second-order valence-corrected chi connectivity index (χ2v) is 8.30. The van der Waals surface area contributed by atoms with Gasteiger partial charge in [0.1, 0.15) is 0 Å². The molecule has 2 rings (SSSR count). The molecule has 0 aliphatic carbocycles. The van der Waals surface area contributed by atoms with E-state index in [1.807, 2.05) is 12.1 Å². The van der Waals surface area contributed by atoms with Crippen molar-refractivity contribution >= 4 is 15.5 Å². The summed E-state index contributed by atoms with van der Waals surface area (Å²) < 4.78 is 22.8. The van der Waals surface area contributed by atoms with Gasteiger partial charge in [-0.05, 0) is 29.5 Å². The maximum absolute atomic E-state index is 11.4. The van der Waals surface area contributed by atoms with Gasteiger partial charge < -0.3 is 5.32 Å². The van der Waals surface area contributed by atoms with Crippen LogP contribution in [0.5, 0.6) is 0 Å². The summed E-state index contributed by atoms with van der Waals surface area (Å²) in [5.41, 5.74) is 2.44. The van der Waals surface area contributed by atoms with Crippen LogP contribution in [0, 0.1) is 0 Å². The third-order valence-electron chi connectivity index (χ3n) is 3.35. The lowest BCUT2D eigenvalue weighted by Crippen LogP contribution is -2.20. The van der Waals surface area contributed by atoms with Crippen LogP contribution in [0.15, 0.2) is 24.3 Å². The highest BCUT2D eigenvalue weighted by molar-refractivity contribution is 7.91. The van der Waals surface area contributed by atoms with Crippen LogP contribution in [0.1, 0.15) is 32.8 Å². The summed E-state index contributed by atoms with van der Waals surface area (Å²) in [6.07, 6.45) is 0.712. The van der Waals surface area contributed by atoms with Crippen LogP contribution >= 0.6 is 0 Å². The van der Waals surface area contributed by atoms with Crippen LogP contribution in [0.4, 0.5) is 5.69 Å². The molecular weight excluding hydrogens is 246 g/mol. The third-order valence-corrected chi connectivity index (χ3v) is 5.12. The lowest BCUT2D eigenvalue weighted by atomic mass is 9.87. The molecule has 0 spiro atoms. The van der Waals surface area contributed by atoms with Crippen molar-refractivity contribution in [3.05, 3.63) is 29.8 Å². The molecule has 1 unspecified atom stereocenters. The standard InChI is InChI=1S/C14H21NO2S/c1-14(2,3)11-4-6-12(7-5-11)15-13-8-9-18(16,17)10-13/h4-7,13,15H,8-10H2,1-3H3. The second-order valence-electron chi connectivity index (χ2n) is 6.07. The number of rotatable bonds is 2. The minimum Gasteiger partial charge on any atom is -0.381 e. The third kappa shape index (κ3) is 3.25. The molecule has 0 saturated carbocycles. The Morgan fingerprint density at radius 2 is 1.78 bits per heavy atom. The van der Waals surface area contributed by atoms with Crippen molar-refractivity contribution in [2.75, 3.05) is 16.8 Å². The largest absolute Gasteiger partial charge is 0.381 e. The Hall–Kier alpha value is -1.03. The smallest absolute Gasteiger partial charge is 0.152 e. The van der Waals surface area contributed by atoms with Crippen molar-refractivity contribution in [3.63, 3.8) is 0 Å². The SMILES string of the molecule is CC(C)(C)c1ccc(NC2CCS(=O)(=O)C2)cc1. The topological polar surface area (TPSA) is 46.2 Å². The summed E-state index contributed by atoms with van der Waals surface area (Å²) in [5, 5.41) is 3.30.